The first-order valence-corrected chi connectivity index (χ1v) is 22.4. The van der Waals surface area contributed by atoms with E-state index in [0.717, 1.165) is 70.6 Å². The van der Waals surface area contributed by atoms with Crippen LogP contribution in [0.1, 0.15) is 188 Å². The van der Waals surface area contributed by atoms with Crippen molar-refractivity contribution in [3.05, 3.63) is 48.6 Å². The first-order chi connectivity index (χ1) is 25.3. The van der Waals surface area contributed by atoms with E-state index in [2.05, 4.69) is 62.5 Å². The molecular weight excluding hydrogens is 675 g/mol. The summed E-state index contributed by atoms with van der Waals surface area (Å²) in [5.74, 6) is -0.823. The van der Waals surface area contributed by atoms with E-state index >= 15 is 0 Å². The maximum absolute atomic E-state index is 12.5. The van der Waals surface area contributed by atoms with Crippen LogP contribution in [0.15, 0.2) is 48.6 Å². The van der Waals surface area contributed by atoms with E-state index in [4.69, 9.17) is 18.5 Å². The molecule has 52 heavy (non-hydrogen) atoms. The van der Waals surface area contributed by atoms with Crippen LogP contribution in [-0.4, -0.2) is 42.8 Å². The van der Waals surface area contributed by atoms with Crippen LogP contribution in [0, 0.1) is 0 Å². The van der Waals surface area contributed by atoms with Gasteiger partial charge in [0.1, 0.15) is 6.61 Å². The molecule has 0 aromatic rings. The topological polar surface area (TPSA) is 108 Å². The number of esters is 2. The van der Waals surface area contributed by atoms with E-state index in [0.29, 0.717) is 6.42 Å². The van der Waals surface area contributed by atoms with Crippen molar-refractivity contribution < 1.29 is 37.6 Å². The highest BCUT2D eigenvalue weighted by molar-refractivity contribution is 7.47. The molecule has 0 aliphatic carbocycles. The van der Waals surface area contributed by atoms with Crippen molar-refractivity contribution in [1.29, 1.82) is 0 Å². The fourth-order valence-electron chi connectivity index (χ4n) is 5.58. The molecule has 0 spiro atoms. The average molecular weight is 753 g/mol. The molecule has 0 aliphatic heterocycles. The van der Waals surface area contributed by atoms with Gasteiger partial charge in [-0.25, -0.2) is 4.57 Å². The largest absolute Gasteiger partial charge is 0.472 e. The van der Waals surface area contributed by atoms with Crippen LogP contribution in [0.3, 0.4) is 0 Å². The highest BCUT2D eigenvalue weighted by Crippen LogP contribution is 2.43. The fraction of sp³-hybridized carbons (Fsp3) is 0.767. The highest BCUT2D eigenvalue weighted by Gasteiger charge is 2.25. The van der Waals surface area contributed by atoms with Gasteiger partial charge in [-0.2, -0.15) is 0 Å². The van der Waals surface area contributed by atoms with Crippen LogP contribution in [0.25, 0.3) is 0 Å². The highest BCUT2D eigenvalue weighted by atomic mass is 31.2. The molecule has 0 aliphatic rings. The summed E-state index contributed by atoms with van der Waals surface area (Å²) >= 11 is 0. The zero-order valence-corrected chi connectivity index (χ0v) is 34.3. The van der Waals surface area contributed by atoms with Gasteiger partial charge in [-0.3, -0.25) is 18.6 Å². The van der Waals surface area contributed by atoms with Crippen LogP contribution in [0.4, 0.5) is 0 Å². The normalized spacial score (nSPS) is 13.8. The van der Waals surface area contributed by atoms with E-state index in [1.165, 1.54) is 77.0 Å². The second-order valence-corrected chi connectivity index (χ2v) is 15.1. The number of phosphoric acid groups is 1. The molecule has 0 heterocycles. The first kappa shape index (κ1) is 50.0. The molecule has 2 unspecified atom stereocenters. The summed E-state index contributed by atoms with van der Waals surface area (Å²) in [6.45, 7) is 5.33. The lowest BCUT2D eigenvalue weighted by Gasteiger charge is -2.19. The van der Waals surface area contributed by atoms with Crippen LogP contribution in [-0.2, 0) is 32.7 Å². The van der Waals surface area contributed by atoms with E-state index < -0.39 is 26.5 Å². The number of ether oxygens (including phenoxy) is 2. The lowest BCUT2D eigenvalue weighted by molar-refractivity contribution is -0.161. The summed E-state index contributed by atoms with van der Waals surface area (Å²) in [7, 11) is -4.28. The van der Waals surface area contributed by atoms with E-state index in [-0.39, 0.29) is 32.0 Å². The molecule has 0 aromatic heterocycles. The van der Waals surface area contributed by atoms with E-state index in [1.807, 2.05) is 0 Å². The van der Waals surface area contributed by atoms with Crippen molar-refractivity contribution in [3.63, 3.8) is 0 Å². The van der Waals surface area contributed by atoms with Crippen molar-refractivity contribution >= 4 is 19.8 Å². The monoisotopic (exact) mass is 753 g/mol. The molecule has 8 nitrogen and oxygen atoms in total. The Kier molecular flexibility index (Phi) is 37.2. The Bertz CT molecular complexity index is 990. The molecule has 9 heteroatoms. The van der Waals surface area contributed by atoms with Crippen LogP contribution in [0.2, 0.25) is 0 Å². The Balaban J connectivity index is 4.13. The van der Waals surface area contributed by atoms with Gasteiger partial charge >= 0.3 is 19.8 Å². The third-order valence-electron chi connectivity index (χ3n) is 8.62. The molecule has 0 saturated carbocycles. The predicted molar refractivity (Wildman–Crippen MR) is 216 cm³/mol. The first-order valence-electron chi connectivity index (χ1n) is 20.9. The average Bonchev–Trinajstić information content (AvgIpc) is 3.12. The standard InChI is InChI=1S/C43H77O8P/c1-4-7-9-11-13-15-17-19-21-22-24-25-27-29-31-33-35-37-42(44)48-39-41(40-50-52(46,47)49-6-3)51-43(45)38-36-34-32-30-28-26-23-20-18-16-14-12-10-8-5-2/h8,10,14,16,19-21,23,41H,4-7,9,11-13,15,17-18,22,24-40H2,1-3H3,(H,46,47)/b10-8-,16-14-,21-19-,23-20-. The van der Waals surface area contributed by atoms with Gasteiger partial charge in [-0.1, -0.05) is 146 Å². The van der Waals surface area contributed by atoms with Gasteiger partial charge in [-0.05, 0) is 77.6 Å². The number of rotatable bonds is 38. The quantitative estimate of drug-likeness (QED) is 0.0287. The van der Waals surface area contributed by atoms with Gasteiger partial charge in [0.25, 0.3) is 0 Å². The van der Waals surface area contributed by atoms with Gasteiger partial charge in [-0.15, -0.1) is 0 Å². The summed E-state index contributed by atoms with van der Waals surface area (Å²) in [5.41, 5.74) is 0. The molecule has 1 N–H and O–H groups in total. The second-order valence-electron chi connectivity index (χ2n) is 13.6. The smallest absolute Gasteiger partial charge is 0.462 e. The molecule has 0 bridgehead atoms. The number of carbonyl (C=O) groups is 2. The van der Waals surface area contributed by atoms with E-state index in [9.17, 15) is 19.0 Å². The number of carbonyl (C=O) groups excluding carboxylic acids is 2. The summed E-state index contributed by atoms with van der Waals surface area (Å²) in [4.78, 5) is 34.7. The molecule has 0 saturated heterocycles. The van der Waals surface area contributed by atoms with Crippen molar-refractivity contribution in [3.8, 4) is 0 Å². The van der Waals surface area contributed by atoms with Crippen molar-refractivity contribution in [1.82, 2.24) is 0 Å². The van der Waals surface area contributed by atoms with Gasteiger partial charge in [0, 0.05) is 12.8 Å². The molecule has 0 rings (SSSR count). The SMILES string of the molecule is CC/C=C\C/C=C\C/C=C\CCCCCCCC(=O)OC(COC(=O)CCCCCCCCC/C=C\CCCCCCCC)COP(=O)(O)OCC. The zero-order chi connectivity index (χ0) is 38.2. The predicted octanol–water partition coefficient (Wildman–Crippen LogP) is 13.0. The minimum atomic E-state index is -4.28. The number of allylic oxidation sites excluding steroid dienone is 8. The van der Waals surface area contributed by atoms with Crippen molar-refractivity contribution in [2.24, 2.45) is 0 Å². The van der Waals surface area contributed by atoms with Gasteiger partial charge < -0.3 is 14.4 Å². The number of phosphoric ester groups is 1. The van der Waals surface area contributed by atoms with Crippen LogP contribution < -0.4 is 0 Å². The minimum Gasteiger partial charge on any atom is -0.462 e. The summed E-state index contributed by atoms with van der Waals surface area (Å²) in [6, 6.07) is 0. The Morgan fingerprint density at radius 1 is 0.538 bits per heavy atom. The Hall–Kier alpha value is -1.99. The summed E-state index contributed by atoms with van der Waals surface area (Å²) < 4.78 is 32.6. The lowest BCUT2D eigenvalue weighted by atomic mass is 10.1. The maximum atomic E-state index is 12.5. The molecule has 0 amide bonds. The third kappa shape index (κ3) is 37.8. The Labute approximate surface area is 318 Å². The Morgan fingerprint density at radius 2 is 0.981 bits per heavy atom. The lowest BCUT2D eigenvalue weighted by Crippen LogP contribution is -2.29. The maximum Gasteiger partial charge on any atom is 0.472 e. The summed E-state index contributed by atoms with van der Waals surface area (Å²) in [6.07, 6.45) is 44.5. The number of unbranched alkanes of at least 4 members (excludes halogenated alkanes) is 18. The molecule has 2 atom stereocenters. The van der Waals surface area contributed by atoms with Crippen LogP contribution >= 0.6 is 7.82 Å². The number of hydrogen-bond acceptors (Lipinski definition) is 7. The molecule has 0 aromatic carbocycles. The van der Waals surface area contributed by atoms with Crippen molar-refractivity contribution in [2.75, 3.05) is 19.8 Å². The van der Waals surface area contributed by atoms with Gasteiger partial charge in [0.2, 0.25) is 0 Å². The van der Waals surface area contributed by atoms with E-state index in [1.54, 1.807) is 6.92 Å². The zero-order valence-electron chi connectivity index (χ0n) is 33.5. The Morgan fingerprint density at radius 3 is 1.50 bits per heavy atom. The molecule has 302 valence electrons. The van der Waals surface area contributed by atoms with Crippen molar-refractivity contribution in [2.45, 2.75) is 194 Å². The minimum absolute atomic E-state index is 0.00521. The molecule has 0 radical (unpaired) electrons. The summed E-state index contributed by atoms with van der Waals surface area (Å²) in [5, 5.41) is 0. The molecular formula is C43H77O8P. The third-order valence-corrected chi connectivity index (χ3v) is 9.68. The van der Waals surface area contributed by atoms with Gasteiger partial charge in [0.15, 0.2) is 6.10 Å². The fourth-order valence-corrected chi connectivity index (χ4v) is 6.33. The van der Waals surface area contributed by atoms with Crippen LogP contribution in [0.5, 0.6) is 0 Å². The second kappa shape index (κ2) is 38.7. The van der Waals surface area contributed by atoms with Gasteiger partial charge in [0.05, 0.1) is 13.2 Å². The molecule has 0 fully saturated rings. The number of hydrogen-bond donors (Lipinski definition) is 1.